The van der Waals surface area contributed by atoms with E-state index in [1.54, 1.807) is 28.4 Å². The van der Waals surface area contributed by atoms with Gasteiger partial charge in [0.2, 0.25) is 10.0 Å². The first-order chi connectivity index (χ1) is 17.0. The number of nitrogens with one attached hydrogen (secondary N) is 2. The summed E-state index contributed by atoms with van der Waals surface area (Å²) in [6, 6.07) is 3.14. The molecule has 8 nitrogen and oxygen atoms in total. The minimum absolute atomic E-state index is 0.0477. The Balaban J connectivity index is 1.68. The number of anilines is 1. The molecule has 36 heavy (non-hydrogen) atoms. The van der Waals surface area contributed by atoms with E-state index in [9.17, 15) is 26.0 Å². The van der Waals surface area contributed by atoms with Crippen molar-refractivity contribution < 1.29 is 26.0 Å². The SMILES string of the molecule is C[C@@H]1[C@@H](CF)N[C@H](CF)CN1c1cc(S(=O)(=O)NC2(C)CC2)cn2c(-c3nnc(C(F)F)s3)ccc12. The Labute approximate surface area is 209 Å². The van der Waals surface area contributed by atoms with Gasteiger partial charge in [0.05, 0.1) is 29.0 Å². The highest BCUT2D eigenvalue weighted by molar-refractivity contribution is 7.89. The highest BCUT2D eigenvalue weighted by atomic mass is 32.2. The number of rotatable bonds is 8. The fraction of sp³-hybridized carbons (Fsp3) is 0.545. The summed E-state index contributed by atoms with van der Waals surface area (Å²) in [6.45, 7) is 2.34. The fourth-order valence-corrected chi connectivity index (χ4v) is 6.72. The molecule has 0 aromatic carbocycles. The molecule has 1 saturated heterocycles. The third kappa shape index (κ3) is 4.59. The van der Waals surface area contributed by atoms with Crippen LogP contribution in [-0.2, 0) is 10.0 Å². The lowest BCUT2D eigenvalue weighted by molar-refractivity contribution is 0.150. The van der Waals surface area contributed by atoms with Crippen LogP contribution in [-0.4, -0.2) is 66.6 Å². The largest absolute Gasteiger partial charge is 0.364 e. The predicted octanol–water partition coefficient (Wildman–Crippen LogP) is 3.70. The molecule has 1 aliphatic carbocycles. The van der Waals surface area contributed by atoms with Crippen molar-refractivity contribution in [2.45, 2.75) is 61.7 Å². The molecule has 0 unspecified atom stereocenters. The number of fused-ring (bicyclic) bond motifs is 1. The van der Waals surface area contributed by atoms with E-state index in [0.717, 1.165) is 0 Å². The molecule has 4 heterocycles. The molecule has 3 aromatic heterocycles. The summed E-state index contributed by atoms with van der Waals surface area (Å²) < 4.78 is 84.8. The van der Waals surface area contributed by atoms with Gasteiger partial charge in [0.1, 0.15) is 18.2 Å². The summed E-state index contributed by atoms with van der Waals surface area (Å²) in [6.07, 6.45) is 0.0532. The maximum absolute atomic E-state index is 13.8. The van der Waals surface area contributed by atoms with Gasteiger partial charge < -0.3 is 14.6 Å². The molecule has 2 N–H and O–H groups in total. The lowest BCUT2D eigenvalue weighted by Crippen LogP contribution is -2.63. The molecule has 2 aliphatic rings. The number of pyridine rings is 1. The van der Waals surface area contributed by atoms with Crippen molar-refractivity contribution in [3.05, 3.63) is 29.4 Å². The average Bonchev–Trinajstić information content (AvgIpc) is 3.23. The Morgan fingerprint density at radius 3 is 2.61 bits per heavy atom. The second-order valence-corrected chi connectivity index (χ2v) is 12.3. The first-order valence-electron chi connectivity index (χ1n) is 11.5. The summed E-state index contributed by atoms with van der Waals surface area (Å²) >= 11 is 0.716. The molecule has 2 fully saturated rings. The maximum atomic E-state index is 13.8. The van der Waals surface area contributed by atoms with Crippen molar-refractivity contribution in [1.29, 1.82) is 0 Å². The Morgan fingerprint density at radius 1 is 1.25 bits per heavy atom. The van der Waals surface area contributed by atoms with Crippen LogP contribution in [0, 0.1) is 0 Å². The normalized spacial score (nSPS) is 24.1. The van der Waals surface area contributed by atoms with Crippen molar-refractivity contribution in [3.8, 4) is 10.7 Å². The molecule has 0 bridgehead atoms. The van der Waals surface area contributed by atoms with Gasteiger partial charge in [-0.25, -0.2) is 30.7 Å². The van der Waals surface area contributed by atoms with E-state index in [1.807, 2.05) is 6.92 Å². The number of alkyl halides is 4. The van der Waals surface area contributed by atoms with E-state index >= 15 is 0 Å². The Hall–Kier alpha value is -2.29. The molecule has 1 aliphatic heterocycles. The van der Waals surface area contributed by atoms with E-state index in [0.29, 0.717) is 41.1 Å². The molecule has 3 aromatic rings. The summed E-state index contributed by atoms with van der Waals surface area (Å²) in [5, 5.41) is 10.1. The molecule has 3 atom stereocenters. The Morgan fingerprint density at radius 2 is 2.00 bits per heavy atom. The van der Waals surface area contributed by atoms with Crippen LogP contribution in [0.4, 0.5) is 23.2 Å². The van der Waals surface area contributed by atoms with Crippen molar-refractivity contribution in [1.82, 2.24) is 24.6 Å². The number of hydrogen-bond acceptors (Lipinski definition) is 7. The van der Waals surface area contributed by atoms with Gasteiger partial charge in [-0.3, -0.25) is 0 Å². The second-order valence-electron chi connectivity index (χ2n) is 9.62. The van der Waals surface area contributed by atoms with Gasteiger partial charge in [-0.2, -0.15) is 0 Å². The first-order valence-corrected chi connectivity index (χ1v) is 13.8. The number of nitrogens with zero attached hydrogens (tertiary/aromatic N) is 4. The number of halogens is 4. The highest BCUT2D eigenvalue weighted by Crippen LogP contribution is 2.38. The summed E-state index contributed by atoms with van der Waals surface area (Å²) in [5.41, 5.74) is 0.881. The molecule has 0 radical (unpaired) electrons. The highest BCUT2D eigenvalue weighted by Gasteiger charge is 2.42. The van der Waals surface area contributed by atoms with Gasteiger partial charge >= 0.3 is 0 Å². The number of aromatic nitrogens is 3. The van der Waals surface area contributed by atoms with Gasteiger partial charge in [0.15, 0.2) is 10.0 Å². The van der Waals surface area contributed by atoms with Crippen molar-refractivity contribution in [2.75, 3.05) is 24.8 Å². The molecular weight excluding hydrogens is 520 g/mol. The van der Waals surface area contributed by atoms with Crippen LogP contribution < -0.4 is 14.9 Å². The fourth-order valence-electron chi connectivity index (χ4n) is 4.52. The third-order valence-electron chi connectivity index (χ3n) is 6.86. The Kier molecular flexibility index (Phi) is 6.50. The van der Waals surface area contributed by atoms with Crippen LogP contribution in [0.2, 0.25) is 0 Å². The third-order valence-corrected chi connectivity index (χ3v) is 9.41. The quantitative estimate of drug-likeness (QED) is 0.419. The molecule has 14 heteroatoms. The second kappa shape index (κ2) is 9.23. The molecule has 196 valence electrons. The molecular formula is C22H26F4N6O2S2. The van der Waals surface area contributed by atoms with Crippen LogP contribution in [0.3, 0.4) is 0 Å². The minimum atomic E-state index is -3.96. The molecule has 5 rings (SSSR count). The van der Waals surface area contributed by atoms with Gasteiger partial charge in [-0.05, 0) is 44.9 Å². The van der Waals surface area contributed by atoms with Gasteiger partial charge in [0.25, 0.3) is 6.43 Å². The summed E-state index contributed by atoms with van der Waals surface area (Å²) in [5.74, 6) is 0. The summed E-state index contributed by atoms with van der Waals surface area (Å²) in [7, 11) is -3.96. The molecule has 0 spiro atoms. The van der Waals surface area contributed by atoms with Crippen molar-refractivity contribution in [2.24, 2.45) is 0 Å². The van der Waals surface area contributed by atoms with E-state index in [-0.39, 0.29) is 16.4 Å². The monoisotopic (exact) mass is 546 g/mol. The van der Waals surface area contributed by atoms with Gasteiger partial charge in [-0.15, -0.1) is 10.2 Å². The van der Waals surface area contributed by atoms with Crippen LogP contribution in [0.1, 0.15) is 38.1 Å². The maximum Gasteiger partial charge on any atom is 0.291 e. The van der Waals surface area contributed by atoms with Crippen LogP contribution in [0.15, 0.2) is 29.3 Å². The predicted molar refractivity (Wildman–Crippen MR) is 129 cm³/mol. The lowest BCUT2D eigenvalue weighted by atomic mass is 10.0. The van der Waals surface area contributed by atoms with Crippen LogP contribution >= 0.6 is 11.3 Å². The summed E-state index contributed by atoms with van der Waals surface area (Å²) in [4.78, 5) is 1.75. The molecule has 1 saturated carbocycles. The Bertz CT molecular complexity index is 1370. The number of sulfonamides is 1. The van der Waals surface area contributed by atoms with Crippen LogP contribution in [0.25, 0.3) is 16.2 Å². The number of piperazine rings is 1. The molecule has 0 amide bonds. The standard InChI is InChI=1S/C22H26F4N6O2S2/c1-12-15(9-24)27-13(8-23)10-31(12)18-7-14(36(33,34)30-22(2)5-6-22)11-32-16(18)3-4-17(32)20-28-29-21(35-20)19(25)26/h3-4,7,11-13,15,19,27,30H,5-6,8-10H2,1-2H3/t12-,13-,15-/m1/s1. The van der Waals surface area contributed by atoms with Crippen molar-refractivity contribution in [3.63, 3.8) is 0 Å². The van der Waals surface area contributed by atoms with Crippen molar-refractivity contribution >= 4 is 32.6 Å². The smallest absolute Gasteiger partial charge is 0.291 e. The zero-order valence-electron chi connectivity index (χ0n) is 19.6. The van der Waals surface area contributed by atoms with Crippen LogP contribution in [0.5, 0.6) is 0 Å². The lowest BCUT2D eigenvalue weighted by Gasteiger charge is -2.44. The zero-order chi connectivity index (χ0) is 25.8. The van der Waals surface area contributed by atoms with E-state index in [2.05, 4.69) is 20.2 Å². The minimum Gasteiger partial charge on any atom is -0.364 e. The topological polar surface area (TPSA) is 91.6 Å². The van der Waals surface area contributed by atoms with E-state index in [1.165, 1.54) is 12.3 Å². The zero-order valence-corrected chi connectivity index (χ0v) is 21.2. The number of hydrogen-bond donors (Lipinski definition) is 2. The van der Waals surface area contributed by atoms with E-state index in [4.69, 9.17) is 0 Å². The van der Waals surface area contributed by atoms with E-state index < -0.39 is 58.5 Å². The first kappa shape index (κ1) is 25.4. The van der Waals surface area contributed by atoms with Gasteiger partial charge in [-0.1, -0.05) is 11.3 Å². The van der Waals surface area contributed by atoms with Gasteiger partial charge in [0, 0.05) is 24.3 Å². The average molecular weight is 547 g/mol.